The van der Waals surface area contributed by atoms with Gasteiger partial charge in [-0.15, -0.1) is 0 Å². The van der Waals surface area contributed by atoms with Crippen molar-refractivity contribution in [2.24, 2.45) is 0 Å². The first kappa shape index (κ1) is 14.4. The number of H-pyrrole nitrogens is 1. The lowest BCUT2D eigenvalue weighted by atomic mass is 10.2. The van der Waals surface area contributed by atoms with Crippen molar-refractivity contribution in [2.45, 2.75) is 25.7 Å². The molecule has 20 heavy (non-hydrogen) atoms. The Bertz CT molecular complexity index is 716. The molecule has 0 fully saturated rings. The summed E-state index contributed by atoms with van der Waals surface area (Å²) >= 11 is 0. The number of nitrogens with one attached hydrogen (secondary N) is 2. The molecule has 0 aliphatic carbocycles. The van der Waals surface area contributed by atoms with E-state index in [0.29, 0.717) is 22.8 Å². The van der Waals surface area contributed by atoms with Gasteiger partial charge in [-0.3, -0.25) is 9.82 Å². The van der Waals surface area contributed by atoms with Crippen molar-refractivity contribution < 1.29 is 13.2 Å². The molecule has 7 heteroatoms. The summed E-state index contributed by atoms with van der Waals surface area (Å²) in [6.07, 6.45) is 0. The highest BCUT2D eigenvalue weighted by molar-refractivity contribution is 7.92. The smallest absolute Gasteiger partial charge is 0.265 e. The number of hydrogen-bond donors (Lipinski definition) is 2. The largest absolute Gasteiger partial charge is 0.495 e. The third-order valence-corrected chi connectivity index (χ3v) is 4.56. The van der Waals surface area contributed by atoms with Crippen LogP contribution in [0.2, 0.25) is 0 Å². The van der Waals surface area contributed by atoms with Gasteiger partial charge in [-0.2, -0.15) is 5.10 Å². The van der Waals surface area contributed by atoms with Crippen LogP contribution in [0, 0.1) is 20.8 Å². The second kappa shape index (κ2) is 5.16. The van der Waals surface area contributed by atoms with Crippen LogP contribution < -0.4 is 9.46 Å². The van der Waals surface area contributed by atoms with Gasteiger partial charge in [0.1, 0.15) is 10.6 Å². The first-order valence-corrected chi connectivity index (χ1v) is 7.52. The Morgan fingerprint density at radius 3 is 2.50 bits per heavy atom. The Hall–Kier alpha value is -2.02. The van der Waals surface area contributed by atoms with Crippen LogP contribution in [-0.2, 0) is 10.0 Å². The van der Waals surface area contributed by atoms with Crippen LogP contribution in [0.4, 0.5) is 5.69 Å². The summed E-state index contributed by atoms with van der Waals surface area (Å²) in [6, 6.07) is 5.30. The molecule has 0 aliphatic rings. The molecule has 0 saturated carbocycles. The zero-order valence-electron chi connectivity index (χ0n) is 11.8. The summed E-state index contributed by atoms with van der Waals surface area (Å²) in [5.74, 6) is 0.470. The Morgan fingerprint density at radius 2 is 1.95 bits per heavy atom. The number of sulfonamides is 1. The molecule has 0 radical (unpaired) electrons. The van der Waals surface area contributed by atoms with Crippen molar-refractivity contribution >= 4 is 15.7 Å². The molecule has 1 aromatic carbocycles. The van der Waals surface area contributed by atoms with Gasteiger partial charge in [0.25, 0.3) is 10.0 Å². The van der Waals surface area contributed by atoms with Crippen LogP contribution in [0.25, 0.3) is 0 Å². The maximum atomic E-state index is 12.5. The van der Waals surface area contributed by atoms with Crippen molar-refractivity contribution in [1.29, 1.82) is 0 Å². The number of nitrogens with zero attached hydrogens (tertiary/aromatic N) is 1. The fourth-order valence-corrected chi connectivity index (χ4v) is 3.47. The van der Waals surface area contributed by atoms with Crippen LogP contribution in [0.1, 0.15) is 17.0 Å². The highest BCUT2D eigenvalue weighted by Gasteiger charge is 2.23. The number of hydrogen-bond acceptors (Lipinski definition) is 4. The van der Waals surface area contributed by atoms with E-state index in [9.17, 15) is 8.42 Å². The molecule has 2 rings (SSSR count). The predicted octanol–water partition coefficient (Wildman–Crippen LogP) is 2.14. The highest BCUT2D eigenvalue weighted by Crippen LogP contribution is 2.28. The second-order valence-corrected chi connectivity index (χ2v) is 6.19. The van der Waals surface area contributed by atoms with E-state index in [1.54, 1.807) is 26.0 Å². The molecule has 6 nitrogen and oxygen atoms in total. The quantitative estimate of drug-likeness (QED) is 0.905. The minimum Gasteiger partial charge on any atom is -0.495 e. The van der Waals surface area contributed by atoms with Gasteiger partial charge >= 0.3 is 0 Å². The zero-order valence-corrected chi connectivity index (χ0v) is 12.6. The van der Waals surface area contributed by atoms with E-state index >= 15 is 0 Å². The Morgan fingerprint density at radius 1 is 1.25 bits per heavy atom. The summed E-state index contributed by atoms with van der Waals surface area (Å²) in [6.45, 7) is 5.19. The summed E-state index contributed by atoms with van der Waals surface area (Å²) in [4.78, 5) is 0.168. The van der Waals surface area contributed by atoms with Crippen molar-refractivity contribution in [2.75, 3.05) is 11.8 Å². The number of rotatable bonds is 4. The maximum absolute atomic E-state index is 12.5. The van der Waals surface area contributed by atoms with E-state index < -0.39 is 10.0 Å². The van der Waals surface area contributed by atoms with E-state index in [0.717, 1.165) is 5.56 Å². The van der Waals surface area contributed by atoms with Gasteiger partial charge in [0.15, 0.2) is 0 Å². The molecule has 0 spiro atoms. The van der Waals surface area contributed by atoms with Gasteiger partial charge in [-0.25, -0.2) is 8.42 Å². The van der Waals surface area contributed by atoms with E-state index in [-0.39, 0.29) is 4.90 Å². The van der Waals surface area contributed by atoms with E-state index in [1.165, 1.54) is 7.11 Å². The molecule has 0 aliphatic heterocycles. The molecule has 2 N–H and O–H groups in total. The molecular weight excluding hydrogens is 278 g/mol. The van der Waals surface area contributed by atoms with Gasteiger partial charge in [-0.05, 0) is 38.5 Å². The number of ether oxygens (including phenoxy) is 1. The van der Waals surface area contributed by atoms with Crippen LogP contribution in [0.5, 0.6) is 5.75 Å². The normalized spacial score (nSPS) is 11.4. The Labute approximate surface area is 118 Å². The lowest BCUT2D eigenvalue weighted by Crippen LogP contribution is -2.15. The fourth-order valence-electron chi connectivity index (χ4n) is 2.03. The number of aromatic amines is 1. The number of aryl methyl sites for hydroxylation is 3. The third-order valence-electron chi connectivity index (χ3n) is 2.93. The highest BCUT2D eigenvalue weighted by atomic mass is 32.2. The first-order chi connectivity index (χ1) is 9.35. The molecule has 0 bridgehead atoms. The molecule has 1 heterocycles. The summed E-state index contributed by atoms with van der Waals surface area (Å²) in [5, 5.41) is 6.58. The lowest BCUT2D eigenvalue weighted by Gasteiger charge is -2.12. The number of benzene rings is 1. The lowest BCUT2D eigenvalue weighted by molar-refractivity contribution is 0.417. The minimum atomic E-state index is -3.70. The molecule has 0 unspecified atom stereocenters. The number of anilines is 1. The van der Waals surface area contributed by atoms with Crippen LogP contribution in [-0.4, -0.2) is 25.7 Å². The first-order valence-electron chi connectivity index (χ1n) is 6.04. The van der Waals surface area contributed by atoms with Crippen LogP contribution in [0.3, 0.4) is 0 Å². The van der Waals surface area contributed by atoms with Crippen molar-refractivity contribution in [3.8, 4) is 5.75 Å². The second-order valence-electron chi connectivity index (χ2n) is 4.57. The number of methoxy groups -OCH3 is 1. The van der Waals surface area contributed by atoms with E-state index in [4.69, 9.17) is 4.74 Å². The van der Waals surface area contributed by atoms with Crippen molar-refractivity contribution in [3.63, 3.8) is 0 Å². The van der Waals surface area contributed by atoms with Crippen molar-refractivity contribution in [3.05, 3.63) is 35.2 Å². The molecule has 2 aromatic rings. The zero-order chi connectivity index (χ0) is 14.9. The molecular formula is C13H17N3O3S. The molecule has 0 amide bonds. The van der Waals surface area contributed by atoms with E-state index in [2.05, 4.69) is 14.9 Å². The Balaban J connectivity index is 2.46. The van der Waals surface area contributed by atoms with Crippen LogP contribution >= 0.6 is 0 Å². The maximum Gasteiger partial charge on any atom is 0.265 e. The van der Waals surface area contributed by atoms with Gasteiger partial charge < -0.3 is 4.74 Å². The molecule has 0 atom stereocenters. The summed E-state index contributed by atoms with van der Waals surface area (Å²) in [5.41, 5.74) is 2.28. The summed E-state index contributed by atoms with van der Waals surface area (Å²) in [7, 11) is -2.21. The molecule has 1 aromatic heterocycles. The average Bonchev–Trinajstić information content (AvgIpc) is 2.69. The predicted molar refractivity (Wildman–Crippen MR) is 76.6 cm³/mol. The van der Waals surface area contributed by atoms with Gasteiger partial charge in [0, 0.05) is 0 Å². The molecule has 0 saturated heterocycles. The van der Waals surface area contributed by atoms with Crippen LogP contribution in [0.15, 0.2) is 23.1 Å². The monoisotopic (exact) mass is 295 g/mol. The standard InChI is InChI=1S/C13H17N3O3S/c1-8-5-6-12(19-4)11(7-8)16-20(17,18)13-9(2)14-15-10(13)3/h5-7,16H,1-4H3,(H,14,15). The summed E-state index contributed by atoms with van der Waals surface area (Å²) < 4.78 is 32.6. The van der Waals surface area contributed by atoms with E-state index in [1.807, 2.05) is 13.0 Å². The van der Waals surface area contributed by atoms with Crippen molar-refractivity contribution in [1.82, 2.24) is 10.2 Å². The number of aromatic nitrogens is 2. The third kappa shape index (κ3) is 2.62. The van der Waals surface area contributed by atoms with Gasteiger partial charge in [0.05, 0.1) is 24.2 Å². The SMILES string of the molecule is COc1ccc(C)cc1NS(=O)(=O)c1c(C)n[nH]c1C. The van der Waals surface area contributed by atoms with Gasteiger partial charge in [0.2, 0.25) is 0 Å². The average molecular weight is 295 g/mol. The fraction of sp³-hybridized carbons (Fsp3) is 0.308. The van der Waals surface area contributed by atoms with Gasteiger partial charge in [-0.1, -0.05) is 6.07 Å². The minimum absolute atomic E-state index is 0.168. The molecule has 108 valence electrons. The topological polar surface area (TPSA) is 84.1 Å². The Kier molecular flexibility index (Phi) is 3.71.